The Bertz CT molecular complexity index is 824. The first-order valence-electron chi connectivity index (χ1n) is 8.24. The molecule has 6 nitrogen and oxygen atoms in total. The van der Waals surface area contributed by atoms with Crippen molar-refractivity contribution in [2.75, 3.05) is 0 Å². The number of carbonyl (C=O) groups excluding carboxylic acids is 1. The first-order valence-corrected chi connectivity index (χ1v) is 8.24. The van der Waals surface area contributed by atoms with Crippen molar-refractivity contribution < 1.29 is 14.7 Å². The molecule has 6 heteroatoms. The molecule has 2 rings (SSSR count). The predicted molar refractivity (Wildman–Crippen MR) is 95.5 cm³/mol. The summed E-state index contributed by atoms with van der Waals surface area (Å²) in [6, 6.07) is 4.39. The van der Waals surface area contributed by atoms with Crippen LogP contribution in [0.25, 0.3) is 0 Å². The molecule has 2 N–H and O–H groups in total. The Balaban J connectivity index is 2.32. The van der Waals surface area contributed by atoms with E-state index in [1.165, 1.54) is 0 Å². The molecule has 1 aromatic heterocycles. The minimum absolute atomic E-state index is 0.326. The molecule has 0 spiro atoms. The Morgan fingerprint density at radius 2 is 1.84 bits per heavy atom. The number of amides is 1. The average molecular weight is 343 g/mol. The lowest BCUT2D eigenvalue weighted by Crippen LogP contribution is -2.37. The van der Waals surface area contributed by atoms with Gasteiger partial charge in [0.2, 0.25) is 5.91 Å². The van der Waals surface area contributed by atoms with E-state index in [4.69, 9.17) is 0 Å². The Labute approximate surface area is 147 Å². The maximum atomic E-state index is 12.7. The third-order valence-electron chi connectivity index (χ3n) is 4.88. The Morgan fingerprint density at radius 3 is 2.36 bits per heavy atom. The molecule has 0 saturated carbocycles. The summed E-state index contributed by atoms with van der Waals surface area (Å²) in [4.78, 5) is 24.5. The molecule has 0 fully saturated rings. The van der Waals surface area contributed by atoms with E-state index >= 15 is 0 Å². The number of benzene rings is 1. The van der Waals surface area contributed by atoms with Crippen LogP contribution in [0.15, 0.2) is 18.2 Å². The van der Waals surface area contributed by atoms with Gasteiger partial charge in [0.05, 0.1) is 11.6 Å². The summed E-state index contributed by atoms with van der Waals surface area (Å²) in [5.74, 6) is -1.89. The second kappa shape index (κ2) is 7.09. The second-order valence-corrected chi connectivity index (χ2v) is 6.50. The third kappa shape index (κ3) is 3.57. The number of aromatic nitrogens is 2. The van der Waals surface area contributed by atoms with Crippen molar-refractivity contribution in [2.45, 2.75) is 46.6 Å². The first kappa shape index (κ1) is 18.7. The minimum atomic E-state index is -1.08. The normalized spacial score (nSPS) is 13.4. The van der Waals surface area contributed by atoms with E-state index in [0.29, 0.717) is 5.56 Å². The van der Waals surface area contributed by atoms with Crippen LogP contribution in [0.5, 0.6) is 0 Å². The molecule has 2 atom stereocenters. The van der Waals surface area contributed by atoms with Crippen LogP contribution < -0.4 is 5.32 Å². The molecule has 2 unspecified atom stereocenters. The van der Waals surface area contributed by atoms with Gasteiger partial charge in [0.15, 0.2) is 6.04 Å². The maximum absolute atomic E-state index is 12.7. The summed E-state index contributed by atoms with van der Waals surface area (Å²) >= 11 is 0. The van der Waals surface area contributed by atoms with Crippen LogP contribution in [0.3, 0.4) is 0 Å². The first-order chi connectivity index (χ1) is 11.6. The van der Waals surface area contributed by atoms with Gasteiger partial charge in [0.1, 0.15) is 0 Å². The van der Waals surface area contributed by atoms with Crippen molar-refractivity contribution in [1.29, 1.82) is 0 Å². The maximum Gasteiger partial charge on any atom is 0.330 e. The lowest BCUT2D eigenvalue weighted by atomic mass is 9.95. The summed E-state index contributed by atoms with van der Waals surface area (Å²) < 4.78 is 1.73. The van der Waals surface area contributed by atoms with Gasteiger partial charge < -0.3 is 10.4 Å². The number of carboxylic acid groups (broad SMARTS) is 1. The number of nitrogens with one attached hydrogen (secondary N) is 1. The van der Waals surface area contributed by atoms with Gasteiger partial charge in [0.25, 0.3) is 0 Å². The van der Waals surface area contributed by atoms with Gasteiger partial charge in [-0.2, -0.15) is 5.10 Å². The molecule has 1 amide bonds. The van der Waals surface area contributed by atoms with Crippen molar-refractivity contribution in [2.24, 2.45) is 7.05 Å². The van der Waals surface area contributed by atoms with E-state index in [2.05, 4.69) is 10.4 Å². The summed E-state index contributed by atoms with van der Waals surface area (Å²) in [6.45, 7) is 9.31. The van der Waals surface area contributed by atoms with Crippen molar-refractivity contribution in [3.63, 3.8) is 0 Å². The van der Waals surface area contributed by atoms with Crippen molar-refractivity contribution in [3.8, 4) is 0 Å². The zero-order valence-electron chi connectivity index (χ0n) is 15.5. The Hall–Kier alpha value is -2.63. The van der Waals surface area contributed by atoms with Crippen LogP contribution in [-0.4, -0.2) is 26.8 Å². The summed E-state index contributed by atoms with van der Waals surface area (Å²) in [5, 5.41) is 16.6. The fourth-order valence-electron chi connectivity index (χ4n) is 3.17. The van der Waals surface area contributed by atoms with Crippen LogP contribution in [0.1, 0.15) is 52.5 Å². The topological polar surface area (TPSA) is 84.2 Å². The number of carbonyl (C=O) groups is 2. The van der Waals surface area contributed by atoms with Crippen molar-refractivity contribution in [3.05, 3.63) is 51.8 Å². The zero-order chi connectivity index (χ0) is 18.9. The number of hydrogen-bond donors (Lipinski definition) is 2. The molecule has 1 aromatic carbocycles. The number of rotatable bonds is 5. The quantitative estimate of drug-likeness (QED) is 0.874. The molecule has 0 bridgehead atoms. The third-order valence-corrected chi connectivity index (χ3v) is 4.88. The number of aliphatic carboxylic acids is 1. The van der Waals surface area contributed by atoms with Crippen LogP contribution in [0.4, 0.5) is 0 Å². The average Bonchev–Trinajstić information content (AvgIpc) is 2.79. The number of nitrogens with zero attached hydrogens (tertiary/aromatic N) is 2. The number of carboxylic acids is 1. The fraction of sp³-hybridized carbons (Fsp3) is 0.421. The summed E-state index contributed by atoms with van der Waals surface area (Å²) in [5.41, 5.74) is 4.99. The van der Waals surface area contributed by atoms with Gasteiger partial charge in [-0.3, -0.25) is 9.48 Å². The number of hydrogen-bond acceptors (Lipinski definition) is 3. The highest BCUT2D eigenvalue weighted by Gasteiger charge is 2.29. The van der Waals surface area contributed by atoms with Gasteiger partial charge in [-0.25, -0.2) is 4.79 Å². The Morgan fingerprint density at radius 1 is 1.20 bits per heavy atom. The van der Waals surface area contributed by atoms with Gasteiger partial charge in [-0.1, -0.05) is 18.2 Å². The van der Waals surface area contributed by atoms with E-state index in [0.717, 1.165) is 28.1 Å². The summed E-state index contributed by atoms with van der Waals surface area (Å²) in [7, 11) is 1.83. The Kier molecular flexibility index (Phi) is 5.30. The van der Waals surface area contributed by atoms with Crippen LogP contribution >= 0.6 is 0 Å². The van der Waals surface area contributed by atoms with Crippen LogP contribution in [0.2, 0.25) is 0 Å². The van der Waals surface area contributed by atoms with E-state index in [-0.39, 0.29) is 5.91 Å². The molecule has 25 heavy (non-hydrogen) atoms. The predicted octanol–water partition coefficient (Wildman–Crippen LogP) is 2.70. The van der Waals surface area contributed by atoms with Crippen molar-refractivity contribution >= 4 is 11.9 Å². The minimum Gasteiger partial charge on any atom is -0.479 e. The molecule has 0 aliphatic carbocycles. The molecule has 0 aliphatic rings. The molecule has 0 saturated heterocycles. The standard InChI is InChI=1S/C19H25N3O3/c1-10-8-7-9-15(11(10)2)17(19(24)25)20-18(23)12(3)16-13(4)21-22(6)14(16)5/h7-9,12,17H,1-6H3,(H,20,23)(H,24,25). The molecular weight excluding hydrogens is 318 g/mol. The van der Waals surface area contributed by atoms with Gasteiger partial charge in [-0.15, -0.1) is 0 Å². The second-order valence-electron chi connectivity index (χ2n) is 6.50. The van der Waals surface area contributed by atoms with E-state index < -0.39 is 17.9 Å². The zero-order valence-corrected chi connectivity index (χ0v) is 15.5. The molecule has 2 aromatic rings. The van der Waals surface area contributed by atoms with Crippen LogP contribution in [0, 0.1) is 27.7 Å². The molecule has 0 radical (unpaired) electrons. The number of aryl methyl sites for hydroxylation is 3. The van der Waals surface area contributed by atoms with Gasteiger partial charge in [0, 0.05) is 18.3 Å². The highest BCUT2D eigenvalue weighted by atomic mass is 16.4. The SMILES string of the molecule is Cc1cccc(C(NC(=O)C(C)c2c(C)nn(C)c2C)C(=O)O)c1C. The van der Waals surface area contributed by atoms with E-state index in [1.807, 2.05) is 40.8 Å². The molecule has 1 heterocycles. The van der Waals surface area contributed by atoms with E-state index in [9.17, 15) is 14.7 Å². The largest absolute Gasteiger partial charge is 0.479 e. The van der Waals surface area contributed by atoms with Crippen molar-refractivity contribution in [1.82, 2.24) is 15.1 Å². The highest BCUT2D eigenvalue weighted by molar-refractivity contribution is 5.89. The summed E-state index contributed by atoms with van der Waals surface area (Å²) in [6.07, 6.45) is 0. The molecular formula is C19H25N3O3. The van der Waals surface area contributed by atoms with Gasteiger partial charge >= 0.3 is 5.97 Å². The lowest BCUT2D eigenvalue weighted by Gasteiger charge is -2.21. The van der Waals surface area contributed by atoms with Gasteiger partial charge in [-0.05, 0) is 51.3 Å². The molecule has 0 aliphatic heterocycles. The smallest absolute Gasteiger partial charge is 0.330 e. The molecule has 134 valence electrons. The van der Waals surface area contributed by atoms with Crippen LogP contribution in [-0.2, 0) is 16.6 Å². The fourth-order valence-corrected chi connectivity index (χ4v) is 3.17. The monoisotopic (exact) mass is 343 g/mol. The van der Waals surface area contributed by atoms with E-state index in [1.54, 1.807) is 23.7 Å². The highest BCUT2D eigenvalue weighted by Crippen LogP contribution is 2.26. The lowest BCUT2D eigenvalue weighted by molar-refractivity contribution is -0.142.